The molecule has 9 heteroatoms. The van der Waals surface area contributed by atoms with Crippen molar-refractivity contribution >= 4 is 63.3 Å². The summed E-state index contributed by atoms with van der Waals surface area (Å²) in [4.78, 5) is 31.5. The molecule has 29 heavy (non-hydrogen) atoms. The summed E-state index contributed by atoms with van der Waals surface area (Å²) in [6.45, 7) is 0. The van der Waals surface area contributed by atoms with Crippen molar-refractivity contribution in [2.45, 2.75) is 30.6 Å². The standard InChI is InChI=1S/C20H16Cl2FN3O2S/c21-15-8-5-13(9-16(15)22)25-20-26(14-6-7-14)19(28)17(29-20)10-18(27)24-12-3-1-11(23)2-4-12/h1-5,8-9,14,17H,6-7,10H2,(H,24,27). The number of amides is 2. The first-order valence-electron chi connectivity index (χ1n) is 8.99. The molecule has 150 valence electrons. The van der Waals surface area contributed by atoms with Crippen LogP contribution in [0.1, 0.15) is 19.3 Å². The number of amidine groups is 1. The molecule has 0 aromatic heterocycles. The highest BCUT2D eigenvalue weighted by molar-refractivity contribution is 8.15. The van der Waals surface area contributed by atoms with Crippen molar-refractivity contribution in [3.05, 3.63) is 58.3 Å². The van der Waals surface area contributed by atoms with Crippen LogP contribution in [-0.2, 0) is 9.59 Å². The SMILES string of the molecule is O=C(CC1SC(=Nc2ccc(Cl)c(Cl)c2)N(C2CC2)C1=O)Nc1ccc(F)cc1. The quantitative estimate of drug-likeness (QED) is 0.674. The minimum atomic E-state index is -0.558. The Morgan fingerprint density at radius 2 is 1.90 bits per heavy atom. The van der Waals surface area contributed by atoms with Gasteiger partial charge < -0.3 is 5.32 Å². The van der Waals surface area contributed by atoms with Crippen LogP contribution in [0.2, 0.25) is 10.0 Å². The van der Waals surface area contributed by atoms with Crippen LogP contribution in [0.4, 0.5) is 15.8 Å². The van der Waals surface area contributed by atoms with E-state index in [-0.39, 0.29) is 30.1 Å². The van der Waals surface area contributed by atoms with Crippen LogP contribution in [0, 0.1) is 5.82 Å². The van der Waals surface area contributed by atoms with Gasteiger partial charge in [-0.2, -0.15) is 0 Å². The Balaban J connectivity index is 1.49. The summed E-state index contributed by atoms with van der Waals surface area (Å²) in [7, 11) is 0. The van der Waals surface area contributed by atoms with Crippen LogP contribution in [0.15, 0.2) is 47.5 Å². The third kappa shape index (κ3) is 4.74. The van der Waals surface area contributed by atoms with Gasteiger partial charge in [-0.1, -0.05) is 35.0 Å². The number of rotatable bonds is 5. The average Bonchev–Trinajstić information content (AvgIpc) is 3.46. The lowest BCUT2D eigenvalue weighted by Crippen LogP contribution is -2.35. The molecule has 0 spiro atoms. The Kier molecular flexibility index (Phi) is 5.81. The predicted molar refractivity (Wildman–Crippen MR) is 114 cm³/mol. The summed E-state index contributed by atoms with van der Waals surface area (Å²) in [5.74, 6) is -0.813. The van der Waals surface area contributed by atoms with Crippen LogP contribution >= 0.6 is 35.0 Å². The van der Waals surface area contributed by atoms with Crippen LogP contribution in [0.3, 0.4) is 0 Å². The summed E-state index contributed by atoms with van der Waals surface area (Å²) < 4.78 is 13.0. The Morgan fingerprint density at radius 1 is 1.17 bits per heavy atom. The molecule has 1 unspecified atom stereocenters. The first kappa shape index (κ1) is 20.2. The molecule has 1 heterocycles. The van der Waals surface area contributed by atoms with Gasteiger partial charge in [0.15, 0.2) is 5.17 Å². The molecule has 2 fully saturated rings. The number of carbonyl (C=O) groups is 2. The molecular weight excluding hydrogens is 436 g/mol. The Hall–Kier alpha value is -2.09. The number of thioether (sulfide) groups is 1. The maximum Gasteiger partial charge on any atom is 0.242 e. The number of carbonyl (C=O) groups excluding carboxylic acids is 2. The van der Waals surface area contributed by atoms with E-state index in [4.69, 9.17) is 23.2 Å². The van der Waals surface area contributed by atoms with Crippen molar-refractivity contribution in [3.8, 4) is 0 Å². The fraction of sp³-hybridized carbons (Fsp3) is 0.250. The van der Waals surface area contributed by atoms with Crippen LogP contribution in [0.5, 0.6) is 0 Å². The third-order valence-corrected chi connectivity index (χ3v) is 6.40. The summed E-state index contributed by atoms with van der Waals surface area (Å²) in [6.07, 6.45) is 1.84. The summed E-state index contributed by atoms with van der Waals surface area (Å²) in [5.41, 5.74) is 1.08. The van der Waals surface area contributed by atoms with Crippen molar-refractivity contribution in [3.63, 3.8) is 0 Å². The van der Waals surface area contributed by atoms with Crippen LogP contribution < -0.4 is 5.32 Å². The van der Waals surface area contributed by atoms with Gasteiger partial charge >= 0.3 is 0 Å². The molecular formula is C20H16Cl2FN3O2S. The first-order chi connectivity index (χ1) is 13.9. The fourth-order valence-electron chi connectivity index (χ4n) is 2.94. The van der Waals surface area contributed by atoms with Crippen molar-refractivity contribution in [2.24, 2.45) is 4.99 Å². The average molecular weight is 452 g/mol. The van der Waals surface area contributed by atoms with Gasteiger partial charge in [0.2, 0.25) is 11.8 Å². The maximum atomic E-state index is 13.0. The van der Waals surface area contributed by atoms with E-state index < -0.39 is 5.25 Å². The van der Waals surface area contributed by atoms with Crippen molar-refractivity contribution < 1.29 is 14.0 Å². The van der Waals surface area contributed by atoms with E-state index in [0.717, 1.165) is 12.8 Å². The highest BCUT2D eigenvalue weighted by atomic mass is 35.5. The highest BCUT2D eigenvalue weighted by Crippen LogP contribution is 2.40. The Labute approximate surface area is 181 Å². The summed E-state index contributed by atoms with van der Waals surface area (Å²) in [6, 6.07) is 10.6. The van der Waals surface area contributed by atoms with Crippen LogP contribution in [-0.4, -0.2) is 33.2 Å². The van der Waals surface area contributed by atoms with Gasteiger partial charge in [0.25, 0.3) is 0 Å². The number of nitrogens with zero attached hydrogens (tertiary/aromatic N) is 2. The minimum Gasteiger partial charge on any atom is -0.326 e. The van der Waals surface area contributed by atoms with E-state index >= 15 is 0 Å². The molecule has 0 radical (unpaired) electrons. The molecule has 5 nitrogen and oxygen atoms in total. The zero-order chi connectivity index (χ0) is 20.5. The second-order valence-corrected chi connectivity index (χ2v) is 8.78. The second-order valence-electron chi connectivity index (χ2n) is 6.80. The van der Waals surface area contributed by atoms with Gasteiger partial charge in [0.1, 0.15) is 11.1 Å². The zero-order valence-corrected chi connectivity index (χ0v) is 17.4. The summed E-state index contributed by atoms with van der Waals surface area (Å²) in [5, 5.41) is 3.52. The van der Waals surface area contributed by atoms with E-state index in [1.807, 2.05) is 0 Å². The van der Waals surface area contributed by atoms with Gasteiger partial charge in [-0.25, -0.2) is 9.38 Å². The number of hydrogen-bond acceptors (Lipinski definition) is 4. The number of anilines is 1. The number of hydrogen-bond donors (Lipinski definition) is 1. The van der Waals surface area contributed by atoms with Gasteiger partial charge in [0, 0.05) is 18.2 Å². The minimum absolute atomic E-state index is 0.00445. The molecule has 1 atom stereocenters. The number of aliphatic imine (C=N–C) groups is 1. The fourth-order valence-corrected chi connectivity index (χ4v) is 4.45. The van der Waals surface area contributed by atoms with E-state index in [1.165, 1.54) is 36.0 Å². The molecule has 0 bridgehead atoms. The molecule has 1 N–H and O–H groups in total. The molecule has 1 saturated carbocycles. The first-order valence-corrected chi connectivity index (χ1v) is 10.6. The van der Waals surface area contributed by atoms with Crippen molar-refractivity contribution in [1.29, 1.82) is 0 Å². The summed E-state index contributed by atoms with van der Waals surface area (Å²) >= 11 is 13.3. The topological polar surface area (TPSA) is 61.8 Å². The Bertz CT molecular complexity index is 996. The molecule has 1 aliphatic carbocycles. The number of benzene rings is 2. The van der Waals surface area contributed by atoms with Gasteiger partial charge in [0.05, 0.1) is 15.7 Å². The lowest BCUT2D eigenvalue weighted by molar-refractivity contribution is -0.128. The van der Waals surface area contributed by atoms with Gasteiger partial charge in [-0.05, 0) is 55.3 Å². The molecule has 2 amide bonds. The van der Waals surface area contributed by atoms with Gasteiger partial charge in [-0.3, -0.25) is 14.5 Å². The maximum absolute atomic E-state index is 13.0. The molecule has 1 aliphatic heterocycles. The van der Waals surface area contributed by atoms with Crippen LogP contribution in [0.25, 0.3) is 0 Å². The lowest BCUT2D eigenvalue weighted by atomic mass is 10.2. The molecule has 2 aromatic rings. The largest absolute Gasteiger partial charge is 0.326 e. The highest BCUT2D eigenvalue weighted by Gasteiger charge is 2.46. The monoisotopic (exact) mass is 451 g/mol. The molecule has 1 saturated heterocycles. The predicted octanol–water partition coefficient (Wildman–Crippen LogP) is 5.26. The van der Waals surface area contributed by atoms with Gasteiger partial charge in [-0.15, -0.1) is 0 Å². The second kappa shape index (κ2) is 8.34. The molecule has 2 aromatic carbocycles. The van der Waals surface area contributed by atoms with Crippen molar-refractivity contribution in [1.82, 2.24) is 4.90 Å². The Morgan fingerprint density at radius 3 is 2.55 bits per heavy atom. The molecule has 2 aliphatic rings. The van der Waals surface area contributed by atoms with Crippen molar-refractivity contribution in [2.75, 3.05) is 5.32 Å². The van der Waals surface area contributed by atoms with E-state index in [2.05, 4.69) is 10.3 Å². The van der Waals surface area contributed by atoms with E-state index in [0.29, 0.717) is 26.6 Å². The molecule has 4 rings (SSSR count). The number of halogens is 3. The van der Waals surface area contributed by atoms with E-state index in [9.17, 15) is 14.0 Å². The third-order valence-electron chi connectivity index (χ3n) is 4.51. The smallest absolute Gasteiger partial charge is 0.242 e. The van der Waals surface area contributed by atoms with E-state index in [1.54, 1.807) is 23.1 Å². The normalized spacial score (nSPS) is 20.4. The lowest BCUT2D eigenvalue weighted by Gasteiger charge is -2.15. The number of nitrogens with one attached hydrogen (secondary N) is 1. The zero-order valence-electron chi connectivity index (χ0n) is 15.1.